The normalized spacial score (nSPS) is 13.5. The van der Waals surface area contributed by atoms with Crippen LogP contribution in [0.1, 0.15) is 22.9 Å². The first-order valence-electron chi connectivity index (χ1n) is 5.33. The highest BCUT2D eigenvalue weighted by Gasteiger charge is 2.34. The molecule has 0 spiro atoms. The Morgan fingerprint density at radius 3 is 2.58 bits per heavy atom. The zero-order valence-electron chi connectivity index (χ0n) is 9.79. The molecule has 2 aromatic rings. The number of nitrogens with zero attached hydrogens (tertiary/aromatic N) is 2. The predicted molar refractivity (Wildman–Crippen MR) is 58.7 cm³/mol. The maximum absolute atomic E-state index is 13.2. The molecule has 2 N–H and O–H groups in total. The monoisotopic (exact) mass is 274 g/mol. The fourth-order valence-corrected chi connectivity index (χ4v) is 1.77. The number of H-pyrrole nitrogens is 1. The van der Waals surface area contributed by atoms with Gasteiger partial charge in [0.25, 0.3) is 0 Å². The van der Waals surface area contributed by atoms with E-state index in [0.29, 0.717) is 5.69 Å². The minimum Gasteiger partial charge on any atom is -0.308 e. The van der Waals surface area contributed by atoms with E-state index in [1.807, 2.05) is 0 Å². The van der Waals surface area contributed by atoms with Crippen molar-refractivity contribution in [2.75, 3.05) is 7.05 Å². The summed E-state index contributed by atoms with van der Waals surface area (Å²) in [5.74, 6) is -1.30. The summed E-state index contributed by atoms with van der Waals surface area (Å²) in [4.78, 5) is 0. The van der Waals surface area contributed by atoms with Crippen molar-refractivity contribution < 1.29 is 17.6 Å². The molecule has 1 aromatic carbocycles. The summed E-state index contributed by atoms with van der Waals surface area (Å²) < 4.78 is 51.1. The van der Waals surface area contributed by atoms with Crippen LogP contribution in [-0.2, 0) is 6.18 Å². The third-order valence-corrected chi connectivity index (χ3v) is 2.65. The molecule has 1 aromatic heterocycles. The summed E-state index contributed by atoms with van der Waals surface area (Å²) >= 11 is 0. The smallest absolute Gasteiger partial charge is 0.308 e. The lowest BCUT2D eigenvalue weighted by Crippen LogP contribution is -2.19. The molecule has 8 heteroatoms. The molecule has 4 nitrogen and oxygen atoms in total. The molecule has 0 radical (unpaired) electrons. The number of hydrogen-bond acceptors (Lipinski definition) is 3. The summed E-state index contributed by atoms with van der Waals surface area (Å²) in [6.45, 7) is 0. The number of aromatic nitrogens is 3. The molecule has 19 heavy (non-hydrogen) atoms. The zero-order valence-corrected chi connectivity index (χ0v) is 9.79. The van der Waals surface area contributed by atoms with Crippen LogP contribution in [0.3, 0.4) is 0 Å². The Hall–Kier alpha value is -1.96. The first-order chi connectivity index (χ1) is 8.93. The van der Waals surface area contributed by atoms with E-state index in [4.69, 9.17) is 0 Å². The van der Waals surface area contributed by atoms with Gasteiger partial charge in [-0.1, -0.05) is 6.07 Å². The molecule has 0 bridgehead atoms. The van der Waals surface area contributed by atoms with Gasteiger partial charge in [0.2, 0.25) is 0 Å². The highest BCUT2D eigenvalue weighted by molar-refractivity contribution is 5.33. The van der Waals surface area contributed by atoms with E-state index < -0.39 is 23.6 Å². The quantitative estimate of drug-likeness (QED) is 0.844. The second kappa shape index (κ2) is 4.96. The fourth-order valence-electron chi connectivity index (χ4n) is 1.77. The van der Waals surface area contributed by atoms with Gasteiger partial charge in [0.05, 0.1) is 17.8 Å². The van der Waals surface area contributed by atoms with Crippen LogP contribution < -0.4 is 5.32 Å². The molecule has 0 amide bonds. The number of aromatic amines is 1. The first-order valence-corrected chi connectivity index (χ1v) is 5.33. The van der Waals surface area contributed by atoms with Gasteiger partial charge in [0.15, 0.2) is 0 Å². The molecule has 0 saturated heterocycles. The molecule has 0 aliphatic carbocycles. The highest BCUT2D eigenvalue weighted by atomic mass is 19.4. The second-order valence-corrected chi connectivity index (χ2v) is 3.85. The van der Waals surface area contributed by atoms with Gasteiger partial charge in [0, 0.05) is 0 Å². The molecule has 0 fully saturated rings. The van der Waals surface area contributed by atoms with Gasteiger partial charge in [-0.3, -0.25) is 0 Å². The molecule has 102 valence electrons. The van der Waals surface area contributed by atoms with E-state index in [2.05, 4.69) is 20.7 Å². The average molecular weight is 274 g/mol. The molecule has 1 atom stereocenters. The molecule has 0 aliphatic heterocycles. The number of benzene rings is 1. The van der Waals surface area contributed by atoms with Crippen LogP contribution in [0.5, 0.6) is 0 Å². The number of halogens is 4. The van der Waals surface area contributed by atoms with Crippen molar-refractivity contribution in [3.63, 3.8) is 0 Å². The van der Waals surface area contributed by atoms with Crippen molar-refractivity contribution in [3.8, 4) is 0 Å². The van der Waals surface area contributed by atoms with Crippen molar-refractivity contribution in [2.24, 2.45) is 0 Å². The minimum atomic E-state index is -4.73. The van der Waals surface area contributed by atoms with Gasteiger partial charge in [-0.2, -0.15) is 28.6 Å². The van der Waals surface area contributed by atoms with Gasteiger partial charge in [-0.05, 0) is 24.7 Å². The lowest BCUT2D eigenvalue weighted by Gasteiger charge is -2.16. The SMILES string of the molecule is CNC(c1ccc(F)c(C(F)(F)F)c1)c1cn[nH]n1. The minimum absolute atomic E-state index is 0.255. The van der Waals surface area contributed by atoms with Gasteiger partial charge < -0.3 is 5.32 Å². The van der Waals surface area contributed by atoms with Gasteiger partial charge >= 0.3 is 6.18 Å². The molecule has 0 saturated carbocycles. The fraction of sp³-hybridized carbons (Fsp3) is 0.273. The largest absolute Gasteiger partial charge is 0.419 e. The Balaban J connectivity index is 2.45. The van der Waals surface area contributed by atoms with E-state index in [-0.39, 0.29) is 5.56 Å². The van der Waals surface area contributed by atoms with Gasteiger partial charge in [0.1, 0.15) is 11.5 Å². The summed E-state index contributed by atoms with van der Waals surface area (Å²) in [6, 6.07) is 2.24. The van der Waals surface area contributed by atoms with Gasteiger partial charge in [-0.15, -0.1) is 0 Å². The molecule has 1 unspecified atom stereocenters. The van der Waals surface area contributed by atoms with E-state index in [1.165, 1.54) is 12.3 Å². The number of hydrogen-bond donors (Lipinski definition) is 2. The van der Waals surface area contributed by atoms with E-state index in [1.54, 1.807) is 7.05 Å². The zero-order chi connectivity index (χ0) is 14.0. The van der Waals surface area contributed by atoms with Crippen molar-refractivity contribution >= 4 is 0 Å². The van der Waals surface area contributed by atoms with E-state index in [9.17, 15) is 17.6 Å². The summed E-state index contributed by atoms with van der Waals surface area (Å²) in [6.07, 6.45) is -3.35. The molecule has 1 heterocycles. The van der Waals surface area contributed by atoms with Crippen molar-refractivity contribution in [2.45, 2.75) is 12.2 Å². The third-order valence-electron chi connectivity index (χ3n) is 2.65. The summed E-state index contributed by atoms with van der Waals surface area (Å²) in [7, 11) is 1.57. The number of rotatable bonds is 3. The van der Waals surface area contributed by atoms with Crippen LogP contribution in [0.2, 0.25) is 0 Å². The Morgan fingerprint density at radius 1 is 1.32 bits per heavy atom. The predicted octanol–water partition coefficient (Wildman–Crippen LogP) is 2.27. The van der Waals surface area contributed by atoms with E-state index >= 15 is 0 Å². The van der Waals surface area contributed by atoms with Crippen molar-refractivity contribution in [1.82, 2.24) is 20.7 Å². The lowest BCUT2D eigenvalue weighted by molar-refractivity contribution is -0.140. The molecule has 0 aliphatic rings. The molecule has 2 rings (SSSR count). The maximum atomic E-state index is 13.2. The maximum Gasteiger partial charge on any atom is 0.419 e. The summed E-state index contributed by atoms with van der Waals surface area (Å²) in [5, 5.41) is 12.6. The average Bonchev–Trinajstić information content (AvgIpc) is 2.84. The topological polar surface area (TPSA) is 53.6 Å². The Kier molecular flexibility index (Phi) is 3.52. The Bertz CT molecular complexity index is 550. The first kappa shape index (κ1) is 13.5. The second-order valence-electron chi connectivity index (χ2n) is 3.85. The van der Waals surface area contributed by atoms with Crippen LogP contribution >= 0.6 is 0 Å². The van der Waals surface area contributed by atoms with E-state index in [0.717, 1.165) is 12.1 Å². The molecular weight excluding hydrogens is 264 g/mol. The Morgan fingerprint density at radius 2 is 2.05 bits per heavy atom. The number of nitrogens with one attached hydrogen (secondary N) is 2. The van der Waals surface area contributed by atoms with Gasteiger partial charge in [-0.25, -0.2) is 4.39 Å². The van der Waals surface area contributed by atoms with Crippen molar-refractivity contribution in [3.05, 3.63) is 47.0 Å². The van der Waals surface area contributed by atoms with Crippen LogP contribution in [0.15, 0.2) is 24.4 Å². The standard InChI is InChI=1S/C11H10F4N4/c1-16-10(9-5-17-19-18-9)6-2-3-8(12)7(4-6)11(13,14)15/h2-5,10,16H,1H3,(H,17,18,19). The summed E-state index contributed by atoms with van der Waals surface area (Å²) in [5.41, 5.74) is -0.624. The third kappa shape index (κ3) is 2.73. The van der Waals surface area contributed by atoms with Crippen LogP contribution in [-0.4, -0.2) is 22.5 Å². The van der Waals surface area contributed by atoms with Crippen LogP contribution in [0, 0.1) is 5.82 Å². The highest BCUT2D eigenvalue weighted by Crippen LogP contribution is 2.33. The Labute approximate surface area is 105 Å². The van der Waals surface area contributed by atoms with Crippen LogP contribution in [0.25, 0.3) is 0 Å². The molecular formula is C11H10F4N4. The lowest BCUT2D eigenvalue weighted by atomic mass is 10.0. The number of alkyl halides is 3. The van der Waals surface area contributed by atoms with Crippen LogP contribution in [0.4, 0.5) is 17.6 Å². The van der Waals surface area contributed by atoms with Crippen molar-refractivity contribution in [1.29, 1.82) is 0 Å².